The number of alkyl halides is 3. The fraction of sp³-hybridized carbons (Fsp3) is 0.263. The lowest BCUT2D eigenvalue weighted by molar-refractivity contribution is -0.173. The van der Waals surface area contributed by atoms with E-state index in [1.54, 1.807) is 36.4 Å². The van der Waals surface area contributed by atoms with E-state index in [4.69, 9.17) is 0 Å². The van der Waals surface area contributed by atoms with Crippen LogP contribution in [-0.2, 0) is 32.5 Å². The van der Waals surface area contributed by atoms with Gasteiger partial charge in [-0.1, -0.05) is 300 Å². The molecular weight excluding hydrogens is 1700 g/mol. The summed E-state index contributed by atoms with van der Waals surface area (Å²) in [5.41, 5.74) is 53.4. The normalized spacial score (nSPS) is 15.2. The van der Waals surface area contributed by atoms with Gasteiger partial charge in [0.1, 0.15) is 22.7 Å². The molecular formula is C133H131F3O3. The van der Waals surface area contributed by atoms with E-state index in [-0.39, 0.29) is 38.2 Å². The molecule has 3 N–H and O–H groups in total. The predicted octanol–water partition coefficient (Wildman–Crippen LogP) is 34.9. The summed E-state index contributed by atoms with van der Waals surface area (Å²) in [5, 5.41) is 36.8. The van der Waals surface area contributed by atoms with E-state index < -0.39 is 11.6 Å². The lowest BCUT2D eigenvalue weighted by atomic mass is 9.70. The SMILES string of the molecule is Cc1c(C)c(C)c(C)c(C)c1C.Cc1cc(-c2cc(C)c(C)c3ccccc23)c2ccccc2c1C.Cc1cc2c(cc1C)C1(c3ccccc3-2)c2ccccc2-c2cc(O)c(C)cc21.Cc1cc2c(cc1O)C1(CC2(C)C)CC(C)(C)c2cc(C)c(O)cc21.Cc1ccc(C(C)(c2ccc(C)c(C)c2)C(F)(F)F)cc1C.Cc1ccc2c(c1)C1(c3ccccc3-2)c2ccccc2-c2ccc(C)cc21. The predicted molar refractivity (Wildman–Crippen MR) is 578 cm³/mol. The molecule has 0 heterocycles. The molecule has 17 aromatic carbocycles. The number of aromatic hydroxyl groups is 3. The van der Waals surface area contributed by atoms with Crippen LogP contribution in [0.15, 0.2) is 279 Å². The Morgan fingerprint density at radius 1 is 0.216 bits per heavy atom. The summed E-state index contributed by atoms with van der Waals surface area (Å²) in [4.78, 5) is 0. The molecule has 0 aromatic heterocycles. The van der Waals surface area contributed by atoms with Crippen molar-refractivity contribution in [3.63, 3.8) is 0 Å². The first kappa shape index (κ1) is 95.7. The zero-order valence-electron chi connectivity index (χ0n) is 85.9. The van der Waals surface area contributed by atoms with Crippen molar-refractivity contribution in [3.05, 3.63) is 474 Å². The molecule has 6 aliphatic rings. The molecule has 17 aromatic rings. The molecule has 3 nitrogen and oxygen atoms in total. The monoisotopic (exact) mass is 1830 g/mol. The zero-order valence-corrected chi connectivity index (χ0v) is 85.9. The lowest BCUT2D eigenvalue weighted by Crippen LogP contribution is -2.40. The van der Waals surface area contributed by atoms with Gasteiger partial charge in [-0.05, 0) is 455 Å². The van der Waals surface area contributed by atoms with Gasteiger partial charge in [-0.2, -0.15) is 13.2 Å². The largest absolute Gasteiger partial charge is 0.508 e. The van der Waals surface area contributed by atoms with Gasteiger partial charge in [0, 0.05) is 5.41 Å². The topological polar surface area (TPSA) is 60.7 Å². The molecule has 0 fully saturated rings. The van der Waals surface area contributed by atoms with Gasteiger partial charge >= 0.3 is 6.18 Å². The number of halogens is 3. The number of phenolic OH excluding ortho intramolecular Hbond substituents is 3. The second kappa shape index (κ2) is 35.1. The van der Waals surface area contributed by atoms with Crippen LogP contribution in [0.25, 0.3) is 77.2 Å². The second-order valence-corrected chi connectivity index (χ2v) is 42.8. The number of hydrogen-bond acceptors (Lipinski definition) is 3. The van der Waals surface area contributed by atoms with E-state index in [1.165, 1.54) is 223 Å². The van der Waals surface area contributed by atoms with Gasteiger partial charge in [0.2, 0.25) is 0 Å². The molecule has 0 amide bonds. The van der Waals surface area contributed by atoms with Crippen LogP contribution in [-0.4, -0.2) is 21.5 Å². The summed E-state index contributed by atoms with van der Waals surface area (Å²) in [7, 11) is 0. The first-order valence-electron chi connectivity index (χ1n) is 49.3. The smallest absolute Gasteiger partial charge is 0.402 e. The molecule has 3 spiro atoms. The Bertz CT molecular complexity index is 7400. The van der Waals surface area contributed by atoms with E-state index in [0.29, 0.717) is 17.2 Å². The summed E-state index contributed by atoms with van der Waals surface area (Å²) in [6.07, 6.45) is -2.34. The fourth-order valence-electron chi connectivity index (χ4n) is 24.6. The van der Waals surface area contributed by atoms with E-state index in [2.05, 4.69) is 349 Å². The summed E-state index contributed by atoms with van der Waals surface area (Å²) in [6, 6.07) is 98.9. The van der Waals surface area contributed by atoms with Crippen molar-refractivity contribution in [3.8, 4) is 72.9 Å². The highest BCUT2D eigenvalue weighted by Gasteiger charge is 2.59. The van der Waals surface area contributed by atoms with Crippen molar-refractivity contribution in [1.29, 1.82) is 0 Å². The Morgan fingerprint density at radius 3 is 0.842 bits per heavy atom. The van der Waals surface area contributed by atoms with Crippen LogP contribution >= 0.6 is 0 Å². The minimum Gasteiger partial charge on any atom is -0.508 e. The molecule has 6 heteroatoms. The molecule has 0 radical (unpaired) electrons. The maximum absolute atomic E-state index is 13.9. The van der Waals surface area contributed by atoms with E-state index in [1.807, 2.05) is 66.7 Å². The maximum Gasteiger partial charge on any atom is 0.402 e. The van der Waals surface area contributed by atoms with E-state index in [0.717, 1.165) is 57.3 Å². The molecule has 0 saturated heterocycles. The number of hydrogen-bond donors (Lipinski definition) is 3. The Balaban J connectivity index is 0.000000112. The quantitative estimate of drug-likeness (QED) is 0.165. The van der Waals surface area contributed by atoms with Gasteiger partial charge in [0.15, 0.2) is 0 Å². The van der Waals surface area contributed by atoms with Gasteiger partial charge in [-0.15, -0.1) is 0 Å². The van der Waals surface area contributed by atoms with Gasteiger partial charge in [0.25, 0.3) is 0 Å². The highest BCUT2D eigenvalue weighted by Crippen LogP contribution is 2.68. The Labute approximate surface area is 822 Å². The minimum absolute atomic E-state index is 0.0476. The Hall–Kier alpha value is -13.6. The van der Waals surface area contributed by atoms with Crippen LogP contribution in [0.5, 0.6) is 17.2 Å². The van der Waals surface area contributed by atoms with Gasteiger partial charge < -0.3 is 15.3 Å². The van der Waals surface area contributed by atoms with E-state index in [9.17, 15) is 28.5 Å². The van der Waals surface area contributed by atoms with Crippen molar-refractivity contribution < 1.29 is 28.5 Å². The minimum atomic E-state index is -4.36. The Kier molecular flexibility index (Phi) is 24.2. The number of phenols is 3. The van der Waals surface area contributed by atoms with Crippen LogP contribution in [0.4, 0.5) is 13.2 Å². The summed E-state index contributed by atoms with van der Waals surface area (Å²) in [5.74, 6) is 1.11. The third-order valence-electron chi connectivity index (χ3n) is 33.6. The average molecular weight is 1830 g/mol. The van der Waals surface area contributed by atoms with Gasteiger partial charge in [-0.25, -0.2) is 0 Å². The van der Waals surface area contributed by atoms with Crippen molar-refractivity contribution in [2.24, 2.45) is 0 Å². The highest BCUT2D eigenvalue weighted by atomic mass is 19.4. The van der Waals surface area contributed by atoms with Crippen molar-refractivity contribution in [2.45, 2.75) is 232 Å². The standard InChI is InChI=1S/C28H22O.C27H20.C24H22.C23H28O2.C19H21F3.C12H18/c1-16-12-21-19-8-4-6-10-23(19)28(25(21)13-17(16)2)24-11-7-5-9-20(24)22-15-27(29)18(3)14-26(22)28;1-17-11-13-21-19-7-3-5-9-23(19)27(25(21)15-17)24-10-6-4-8-20(24)22-14-12-18(2)16-26(22)27;1-15-13-23(21-11-7-5-9-19(21)17(15)3)24-14-16(2)18(4)20-10-6-8-12-22(20)24;1-13-7-15-17(9-19(13)24)23(11-21(15,3)4)12-22(5,6)16-8-14(2)20(25)10-18(16)23;1-12-6-8-16(10-14(12)3)18(5,19(20,21)22)17-9-7-13(2)15(4)11-17;1-7-8(2)10(4)12(6)11(5)9(7)3/h4-15,29H,1-3H3;3-16H,1-2H3;5-14H,1-4H3;7-10,24-25H,11-12H2,1-6H3;6-11H,1-5H3;1-6H3. The average Bonchev–Trinajstić information content (AvgIpc) is 1.47. The first-order valence-corrected chi connectivity index (χ1v) is 49.3. The first-order chi connectivity index (χ1) is 65.8. The number of fused-ring (bicyclic) bond motifs is 26. The summed E-state index contributed by atoms with van der Waals surface area (Å²) in [6.45, 7) is 54.9. The summed E-state index contributed by atoms with van der Waals surface area (Å²) >= 11 is 0. The Morgan fingerprint density at radius 2 is 0.489 bits per heavy atom. The molecule has 23 rings (SSSR count). The van der Waals surface area contributed by atoms with E-state index >= 15 is 0 Å². The molecule has 1 unspecified atom stereocenters. The number of benzene rings is 17. The second-order valence-electron chi connectivity index (χ2n) is 42.8. The zero-order chi connectivity index (χ0) is 99.5. The van der Waals surface area contributed by atoms with Crippen LogP contribution in [0.1, 0.15) is 242 Å². The maximum atomic E-state index is 13.9. The van der Waals surface area contributed by atoms with Gasteiger partial charge in [0.05, 0.1) is 10.8 Å². The number of rotatable bonds is 3. The molecule has 0 bridgehead atoms. The highest BCUT2D eigenvalue weighted by molar-refractivity contribution is 6.08. The number of aryl methyl sites for hydroxylation is 15. The van der Waals surface area contributed by atoms with Crippen LogP contribution in [0.3, 0.4) is 0 Å². The van der Waals surface area contributed by atoms with Crippen molar-refractivity contribution in [2.75, 3.05) is 0 Å². The van der Waals surface area contributed by atoms with Crippen LogP contribution < -0.4 is 0 Å². The molecule has 1 atom stereocenters. The fourth-order valence-corrected chi connectivity index (χ4v) is 24.6. The third kappa shape index (κ3) is 15.3. The van der Waals surface area contributed by atoms with Gasteiger partial charge in [-0.3, -0.25) is 0 Å². The van der Waals surface area contributed by atoms with Crippen molar-refractivity contribution in [1.82, 2.24) is 0 Å². The van der Waals surface area contributed by atoms with Crippen LogP contribution in [0.2, 0.25) is 0 Å². The van der Waals surface area contributed by atoms with Crippen LogP contribution in [0, 0.1) is 145 Å². The molecule has 0 saturated carbocycles. The molecule has 0 aliphatic heterocycles. The lowest BCUT2D eigenvalue weighted by Gasteiger charge is -2.34. The molecule has 702 valence electrons. The van der Waals surface area contributed by atoms with Crippen molar-refractivity contribution >= 4 is 21.5 Å². The third-order valence-corrected chi connectivity index (χ3v) is 33.6. The molecule has 139 heavy (non-hydrogen) atoms. The molecule has 6 aliphatic carbocycles. The summed E-state index contributed by atoms with van der Waals surface area (Å²) < 4.78 is 41.8.